The highest BCUT2D eigenvalue weighted by atomic mass is 35.5. The summed E-state index contributed by atoms with van der Waals surface area (Å²) in [5.74, 6) is 0.179. The van der Waals surface area contributed by atoms with Crippen LogP contribution in [0.25, 0.3) is 0 Å². The molecule has 2 amide bonds. The first-order valence-electron chi connectivity index (χ1n) is 6.31. The lowest BCUT2D eigenvalue weighted by Gasteiger charge is -2.19. The van der Waals surface area contributed by atoms with Crippen LogP contribution in [0.1, 0.15) is 20.8 Å². The van der Waals surface area contributed by atoms with Gasteiger partial charge in [0.2, 0.25) is 5.91 Å². The van der Waals surface area contributed by atoms with Crippen LogP contribution in [0, 0.1) is 0 Å². The minimum absolute atomic E-state index is 0.211. The van der Waals surface area contributed by atoms with Gasteiger partial charge in [0.05, 0.1) is 17.8 Å². The first-order chi connectivity index (χ1) is 9.71. The van der Waals surface area contributed by atoms with Gasteiger partial charge in [-0.2, -0.15) is 0 Å². The number of methoxy groups -OCH3 is 1. The van der Waals surface area contributed by atoms with Crippen LogP contribution in [-0.2, 0) is 9.53 Å². The van der Waals surface area contributed by atoms with E-state index < -0.39 is 17.6 Å². The molecule has 0 aliphatic rings. The minimum Gasteiger partial charge on any atom is -0.497 e. The average molecular weight is 315 g/mol. The quantitative estimate of drug-likeness (QED) is 0.896. The Kier molecular flexibility index (Phi) is 5.84. The van der Waals surface area contributed by atoms with Crippen LogP contribution < -0.4 is 15.4 Å². The predicted octanol–water partition coefficient (Wildman–Crippen LogP) is 2.81. The number of alkyl carbamates (subject to hydrolysis) is 1. The normalized spacial score (nSPS) is 10.7. The van der Waals surface area contributed by atoms with Crippen molar-refractivity contribution in [3.63, 3.8) is 0 Å². The van der Waals surface area contributed by atoms with Gasteiger partial charge in [-0.3, -0.25) is 4.79 Å². The second-order valence-corrected chi connectivity index (χ2v) is 5.66. The smallest absolute Gasteiger partial charge is 0.408 e. The molecule has 0 aliphatic heterocycles. The van der Waals surface area contributed by atoms with Gasteiger partial charge in [0.25, 0.3) is 0 Å². The van der Waals surface area contributed by atoms with E-state index in [4.69, 9.17) is 21.1 Å². The highest BCUT2D eigenvalue weighted by molar-refractivity contribution is 6.33. The number of benzene rings is 1. The van der Waals surface area contributed by atoms with E-state index in [1.54, 1.807) is 39.0 Å². The number of carbonyl (C=O) groups excluding carboxylic acids is 2. The number of rotatable bonds is 4. The zero-order valence-electron chi connectivity index (χ0n) is 12.5. The van der Waals surface area contributed by atoms with Gasteiger partial charge < -0.3 is 20.1 Å². The molecule has 1 aromatic rings. The maximum atomic E-state index is 11.7. The molecule has 0 spiro atoms. The van der Waals surface area contributed by atoms with Gasteiger partial charge in [-0.15, -0.1) is 0 Å². The Balaban J connectivity index is 2.49. The van der Waals surface area contributed by atoms with Crippen LogP contribution in [0.2, 0.25) is 5.02 Å². The number of hydrogen-bond donors (Lipinski definition) is 2. The highest BCUT2D eigenvalue weighted by Crippen LogP contribution is 2.26. The van der Waals surface area contributed by atoms with Crippen LogP contribution in [0.5, 0.6) is 5.75 Å². The molecule has 0 aliphatic carbocycles. The third-order valence-electron chi connectivity index (χ3n) is 2.24. The molecule has 0 fully saturated rings. The summed E-state index contributed by atoms with van der Waals surface area (Å²) < 4.78 is 10.0. The Bertz CT molecular complexity index is 526. The molecule has 0 atom stereocenters. The van der Waals surface area contributed by atoms with E-state index in [1.807, 2.05) is 0 Å². The van der Waals surface area contributed by atoms with Gasteiger partial charge in [0.15, 0.2) is 0 Å². The van der Waals surface area contributed by atoms with Crippen molar-refractivity contribution in [3.05, 3.63) is 23.2 Å². The maximum absolute atomic E-state index is 11.7. The maximum Gasteiger partial charge on any atom is 0.408 e. The van der Waals surface area contributed by atoms with Crippen LogP contribution in [0.4, 0.5) is 10.5 Å². The van der Waals surface area contributed by atoms with Crippen LogP contribution in [0.3, 0.4) is 0 Å². The molecule has 0 saturated carbocycles. The first-order valence-corrected chi connectivity index (χ1v) is 6.69. The van der Waals surface area contributed by atoms with E-state index >= 15 is 0 Å². The second-order valence-electron chi connectivity index (χ2n) is 5.25. The van der Waals surface area contributed by atoms with E-state index in [0.29, 0.717) is 16.5 Å². The standard InChI is InChI=1S/C14H19ClN2O4/c1-14(2,3)21-13(19)16-8-12(18)17-11-6-5-9(20-4)7-10(11)15/h5-7H,8H2,1-4H3,(H,16,19)(H,17,18). The Morgan fingerprint density at radius 2 is 1.95 bits per heavy atom. The third kappa shape index (κ3) is 6.35. The van der Waals surface area contributed by atoms with Crippen molar-refractivity contribution in [1.29, 1.82) is 0 Å². The number of halogens is 1. The van der Waals surface area contributed by atoms with Crippen molar-refractivity contribution in [2.75, 3.05) is 19.0 Å². The molecule has 0 bridgehead atoms. The van der Waals surface area contributed by atoms with Gasteiger partial charge in [-0.1, -0.05) is 11.6 Å². The average Bonchev–Trinajstić information content (AvgIpc) is 2.37. The molecule has 0 unspecified atom stereocenters. The number of hydrogen-bond acceptors (Lipinski definition) is 4. The number of ether oxygens (including phenoxy) is 2. The van der Waals surface area contributed by atoms with E-state index in [0.717, 1.165) is 0 Å². The fourth-order valence-corrected chi connectivity index (χ4v) is 1.60. The molecule has 0 heterocycles. The zero-order valence-corrected chi connectivity index (χ0v) is 13.2. The largest absolute Gasteiger partial charge is 0.497 e. The lowest BCUT2D eigenvalue weighted by atomic mass is 10.2. The third-order valence-corrected chi connectivity index (χ3v) is 2.56. The lowest BCUT2D eigenvalue weighted by Crippen LogP contribution is -2.37. The summed E-state index contributed by atoms with van der Waals surface area (Å²) in [5.41, 5.74) is -0.173. The SMILES string of the molecule is COc1ccc(NC(=O)CNC(=O)OC(C)(C)C)c(Cl)c1. The monoisotopic (exact) mass is 314 g/mol. The van der Waals surface area contributed by atoms with Crippen LogP contribution in [-0.4, -0.2) is 31.3 Å². The predicted molar refractivity (Wildman–Crippen MR) is 80.9 cm³/mol. The van der Waals surface area contributed by atoms with Crippen LogP contribution in [0.15, 0.2) is 18.2 Å². The summed E-state index contributed by atoms with van der Waals surface area (Å²) in [4.78, 5) is 23.1. The van der Waals surface area contributed by atoms with Crippen molar-refractivity contribution in [3.8, 4) is 5.75 Å². The molecular formula is C14H19ClN2O4. The summed E-state index contributed by atoms with van der Waals surface area (Å²) in [7, 11) is 1.52. The number of carbonyl (C=O) groups is 2. The fraction of sp³-hybridized carbons (Fsp3) is 0.429. The van der Waals surface area contributed by atoms with Crippen molar-refractivity contribution < 1.29 is 19.1 Å². The van der Waals surface area contributed by atoms with Gasteiger partial charge in [-0.25, -0.2) is 4.79 Å². The number of nitrogens with one attached hydrogen (secondary N) is 2. The van der Waals surface area contributed by atoms with Crippen molar-refractivity contribution >= 4 is 29.3 Å². The zero-order chi connectivity index (χ0) is 16.0. The minimum atomic E-state index is -0.654. The molecular weight excluding hydrogens is 296 g/mol. The van der Waals surface area contributed by atoms with Gasteiger partial charge in [0, 0.05) is 6.07 Å². The molecule has 6 nitrogen and oxygen atoms in total. The van der Waals surface area contributed by atoms with Crippen molar-refractivity contribution in [2.24, 2.45) is 0 Å². The topological polar surface area (TPSA) is 76.7 Å². The van der Waals surface area contributed by atoms with E-state index in [9.17, 15) is 9.59 Å². The summed E-state index contributed by atoms with van der Waals surface area (Å²) in [6.07, 6.45) is -0.654. The van der Waals surface area contributed by atoms with Gasteiger partial charge in [-0.05, 0) is 32.9 Å². The van der Waals surface area contributed by atoms with E-state index in [2.05, 4.69) is 10.6 Å². The van der Waals surface area contributed by atoms with Gasteiger partial charge in [0.1, 0.15) is 17.9 Å². The van der Waals surface area contributed by atoms with E-state index in [1.165, 1.54) is 7.11 Å². The molecule has 0 radical (unpaired) electrons. The molecule has 1 rings (SSSR count). The van der Waals surface area contributed by atoms with Crippen molar-refractivity contribution in [1.82, 2.24) is 5.32 Å². The molecule has 1 aromatic carbocycles. The van der Waals surface area contributed by atoms with E-state index in [-0.39, 0.29) is 6.54 Å². The Morgan fingerprint density at radius 3 is 2.48 bits per heavy atom. The molecule has 116 valence electrons. The summed E-state index contributed by atoms with van der Waals surface area (Å²) >= 11 is 6.00. The van der Waals surface area contributed by atoms with Crippen molar-refractivity contribution in [2.45, 2.75) is 26.4 Å². The summed E-state index contributed by atoms with van der Waals surface area (Å²) in [5, 5.41) is 5.29. The Morgan fingerprint density at radius 1 is 1.29 bits per heavy atom. The first kappa shape index (κ1) is 17.1. The second kappa shape index (κ2) is 7.17. The summed E-state index contributed by atoms with van der Waals surface area (Å²) in [6, 6.07) is 4.87. The Hall–Kier alpha value is -1.95. The molecule has 7 heteroatoms. The molecule has 0 aromatic heterocycles. The van der Waals surface area contributed by atoms with Gasteiger partial charge >= 0.3 is 6.09 Å². The molecule has 21 heavy (non-hydrogen) atoms. The summed E-state index contributed by atoms with van der Waals surface area (Å²) in [6.45, 7) is 5.01. The fourth-order valence-electron chi connectivity index (χ4n) is 1.39. The van der Waals surface area contributed by atoms with Crippen LogP contribution >= 0.6 is 11.6 Å². The highest BCUT2D eigenvalue weighted by Gasteiger charge is 2.16. The lowest BCUT2D eigenvalue weighted by molar-refractivity contribution is -0.115. The molecule has 2 N–H and O–H groups in total. The number of amides is 2. The number of anilines is 1. The molecule has 0 saturated heterocycles. The Labute approximate surface area is 128 Å².